The van der Waals surface area contributed by atoms with E-state index in [1.165, 1.54) is 31.6 Å². The third kappa shape index (κ3) is 7.63. The van der Waals surface area contributed by atoms with E-state index in [0.29, 0.717) is 37.7 Å². The summed E-state index contributed by atoms with van der Waals surface area (Å²) in [7, 11) is 1.50. The lowest BCUT2D eigenvalue weighted by molar-refractivity contribution is -0.0357. The molecule has 0 radical (unpaired) electrons. The van der Waals surface area contributed by atoms with Crippen molar-refractivity contribution in [3.63, 3.8) is 0 Å². The van der Waals surface area contributed by atoms with Gasteiger partial charge in [0.2, 0.25) is 0 Å². The first-order chi connectivity index (χ1) is 23.2. The Balaban J connectivity index is 0.00000221. The number of rotatable bonds is 12. The molecule has 1 aromatic carbocycles. The minimum absolute atomic E-state index is 0.00675. The summed E-state index contributed by atoms with van der Waals surface area (Å²) in [6.45, 7) is 7.72. The van der Waals surface area contributed by atoms with Crippen LogP contribution in [0.3, 0.4) is 0 Å². The smallest absolute Gasteiger partial charge is 0.282 e. The van der Waals surface area contributed by atoms with Gasteiger partial charge in [-0.1, -0.05) is 0 Å². The van der Waals surface area contributed by atoms with Gasteiger partial charge in [-0.3, -0.25) is 9.78 Å². The first kappa shape index (κ1) is 35.2. The van der Waals surface area contributed by atoms with Crippen molar-refractivity contribution in [3.05, 3.63) is 59.4 Å². The molecule has 1 spiro atoms. The zero-order chi connectivity index (χ0) is 34.4. The molecular weight excluding hydrogens is 629 g/mol. The molecule has 12 nitrogen and oxygen atoms in total. The molecule has 3 aromatic rings. The fourth-order valence-electron chi connectivity index (χ4n) is 6.70. The van der Waals surface area contributed by atoms with Gasteiger partial charge in [-0.2, -0.15) is 0 Å². The summed E-state index contributed by atoms with van der Waals surface area (Å²) in [4.78, 5) is 25.9. The first-order valence-electron chi connectivity index (χ1n) is 16.2. The molecule has 2 aromatic heterocycles. The first-order valence-corrected chi connectivity index (χ1v) is 16.2. The second-order valence-electron chi connectivity index (χ2n) is 12.4. The molecule has 3 aliphatic rings. The number of ether oxygens (including phenoxy) is 3. The summed E-state index contributed by atoms with van der Waals surface area (Å²) in [5.41, 5.74) is 6.41. The Kier molecular flexibility index (Phi) is 11.3. The maximum absolute atomic E-state index is 14.2. The molecule has 1 saturated heterocycles. The summed E-state index contributed by atoms with van der Waals surface area (Å²) in [5.74, 6) is 0.622. The highest BCUT2D eigenvalue weighted by Crippen LogP contribution is 2.52. The number of aromatic nitrogens is 4. The molecule has 2 aliphatic heterocycles. The number of nitrogens with one attached hydrogen (secondary N) is 1. The number of nitrogens with zero attached hydrogens (tertiary/aromatic N) is 6. The molecule has 1 saturated carbocycles. The Morgan fingerprint density at radius 1 is 1.17 bits per heavy atom. The molecule has 6 rings (SSSR count). The topological polar surface area (TPSA) is 141 Å². The van der Waals surface area contributed by atoms with Crippen molar-refractivity contribution >= 4 is 11.7 Å². The molecule has 15 heteroatoms. The van der Waals surface area contributed by atoms with E-state index in [0.717, 1.165) is 30.5 Å². The predicted molar refractivity (Wildman–Crippen MR) is 172 cm³/mol. The number of halogens is 3. The molecule has 1 aliphatic carbocycles. The van der Waals surface area contributed by atoms with E-state index >= 15 is 0 Å². The van der Waals surface area contributed by atoms with Gasteiger partial charge >= 0.3 is 0 Å². The number of carbonyl (C=O) groups excluding carboxylic acids is 1. The second-order valence-corrected chi connectivity index (χ2v) is 12.4. The van der Waals surface area contributed by atoms with Crippen LogP contribution >= 0.6 is 0 Å². The van der Waals surface area contributed by atoms with Crippen LogP contribution in [0.4, 0.5) is 19.0 Å². The second kappa shape index (κ2) is 15.4. The van der Waals surface area contributed by atoms with Crippen LogP contribution in [0.5, 0.6) is 17.4 Å². The standard InChI is InChI=1S/C32H38F3N7O4.CH5N/c1-4-42(19(2)3)31(43)22-11-20(33)5-6-25(22)46-30-29(38-18-39-40-30)41-16-32(17-41)12-21(13-32)45-26-8-10-36-23-7-9-37-24(28(23)26)14-44-15-27(34)35;1-2/h5-6,8,10-11,18-19,21,24,27,37H,4,7,9,12-17H2,1-3H3;2H2,1H3. The Labute approximate surface area is 278 Å². The molecule has 0 bridgehead atoms. The van der Waals surface area contributed by atoms with Gasteiger partial charge in [0.15, 0.2) is 5.82 Å². The SMILES string of the molecule is CCN(C(=O)c1cc(F)ccc1Oc1nncnc1N1CC2(CC(Oc3ccnc4c3C(COCC(F)F)NCC4)C2)C1)C(C)C.CN. The highest BCUT2D eigenvalue weighted by molar-refractivity contribution is 5.97. The lowest BCUT2D eigenvalue weighted by Crippen LogP contribution is -2.65. The van der Waals surface area contributed by atoms with Crippen molar-refractivity contribution in [2.75, 3.05) is 51.3 Å². The van der Waals surface area contributed by atoms with E-state index in [-0.39, 0.29) is 53.3 Å². The number of pyridine rings is 1. The Bertz CT molecular complexity index is 1550. The van der Waals surface area contributed by atoms with Crippen LogP contribution in [0.2, 0.25) is 0 Å². The molecule has 260 valence electrons. The number of carbonyl (C=O) groups is 1. The van der Waals surface area contributed by atoms with Crippen LogP contribution in [0.25, 0.3) is 0 Å². The maximum atomic E-state index is 14.2. The van der Waals surface area contributed by atoms with E-state index in [4.69, 9.17) is 14.2 Å². The van der Waals surface area contributed by atoms with E-state index in [1.807, 2.05) is 31.7 Å². The van der Waals surface area contributed by atoms with Crippen LogP contribution in [0.15, 0.2) is 36.8 Å². The molecule has 1 atom stereocenters. The Morgan fingerprint density at radius 3 is 2.65 bits per heavy atom. The van der Waals surface area contributed by atoms with E-state index in [9.17, 15) is 18.0 Å². The summed E-state index contributed by atoms with van der Waals surface area (Å²) >= 11 is 0. The van der Waals surface area contributed by atoms with Gasteiger partial charge in [0.25, 0.3) is 18.2 Å². The highest BCUT2D eigenvalue weighted by atomic mass is 19.3. The monoisotopic (exact) mass is 672 g/mol. The quantitative estimate of drug-likeness (QED) is 0.287. The molecule has 48 heavy (non-hydrogen) atoms. The molecule has 3 N–H and O–H groups in total. The van der Waals surface area contributed by atoms with Crippen LogP contribution in [-0.4, -0.2) is 96.0 Å². The van der Waals surface area contributed by atoms with Gasteiger partial charge in [-0.25, -0.2) is 18.2 Å². The number of hydrogen-bond acceptors (Lipinski definition) is 11. The number of nitrogens with two attached hydrogens (primary N) is 1. The molecule has 1 unspecified atom stereocenters. The highest BCUT2D eigenvalue weighted by Gasteiger charge is 2.54. The average molecular weight is 673 g/mol. The summed E-state index contributed by atoms with van der Waals surface area (Å²) in [6, 6.07) is 5.31. The van der Waals surface area contributed by atoms with Crippen molar-refractivity contribution in [2.24, 2.45) is 11.1 Å². The predicted octanol–water partition coefficient (Wildman–Crippen LogP) is 4.16. The minimum Gasteiger partial charge on any atom is -0.490 e. The van der Waals surface area contributed by atoms with Crippen molar-refractivity contribution in [1.82, 2.24) is 30.4 Å². The lowest BCUT2D eigenvalue weighted by Gasteiger charge is -2.58. The number of fused-ring (bicyclic) bond motifs is 1. The molecule has 4 heterocycles. The van der Waals surface area contributed by atoms with Crippen LogP contribution in [0.1, 0.15) is 61.3 Å². The van der Waals surface area contributed by atoms with Crippen LogP contribution in [-0.2, 0) is 11.2 Å². The Hall–Kier alpha value is -4.08. The molecular formula is C33H43F3N8O4. The zero-order valence-corrected chi connectivity index (χ0v) is 27.7. The number of amides is 1. The summed E-state index contributed by atoms with van der Waals surface area (Å²) in [6.07, 6.45) is 2.92. The summed E-state index contributed by atoms with van der Waals surface area (Å²) in [5, 5.41) is 11.4. The van der Waals surface area contributed by atoms with Gasteiger partial charge in [0, 0.05) is 55.8 Å². The average Bonchev–Trinajstić information content (AvgIpc) is 3.04. The fraction of sp³-hybridized carbons (Fsp3) is 0.545. The molecule has 2 fully saturated rings. The van der Waals surface area contributed by atoms with Crippen molar-refractivity contribution in [1.29, 1.82) is 0 Å². The number of benzene rings is 1. The van der Waals surface area contributed by atoms with Crippen molar-refractivity contribution in [3.8, 4) is 17.4 Å². The van der Waals surface area contributed by atoms with Gasteiger partial charge in [0.05, 0.1) is 23.9 Å². The van der Waals surface area contributed by atoms with Crippen LogP contribution < -0.4 is 25.4 Å². The van der Waals surface area contributed by atoms with Gasteiger partial charge in [0.1, 0.15) is 36.4 Å². The van der Waals surface area contributed by atoms with Gasteiger partial charge in [-0.15, -0.1) is 10.2 Å². The number of alkyl halides is 2. The maximum Gasteiger partial charge on any atom is 0.282 e. The Morgan fingerprint density at radius 2 is 1.94 bits per heavy atom. The largest absolute Gasteiger partial charge is 0.490 e. The van der Waals surface area contributed by atoms with E-state index < -0.39 is 18.8 Å². The van der Waals surface area contributed by atoms with Gasteiger partial charge < -0.3 is 35.1 Å². The molecule has 1 amide bonds. The fourth-order valence-corrected chi connectivity index (χ4v) is 6.70. The number of hydrogen-bond donors (Lipinski definition) is 2. The van der Waals surface area contributed by atoms with Crippen LogP contribution in [0, 0.1) is 11.2 Å². The third-order valence-corrected chi connectivity index (χ3v) is 8.80. The van der Waals surface area contributed by atoms with E-state index in [1.54, 1.807) is 11.1 Å². The van der Waals surface area contributed by atoms with Crippen molar-refractivity contribution < 1.29 is 32.2 Å². The minimum atomic E-state index is -2.52. The normalized spacial score (nSPS) is 18.0. The van der Waals surface area contributed by atoms with Crippen molar-refractivity contribution in [2.45, 2.75) is 64.6 Å². The zero-order valence-electron chi connectivity index (χ0n) is 27.7. The van der Waals surface area contributed by atoms with Gasteiger partial charge in [-0.05, 0) is 64.9 Å². The summed E-state index contributed by atoms with van der Waals surface area (Å²) < 4.78 is 57.3. The lowest BCUT2D eigenvalue weighted by atomic mass is 9.61. The third-order valence-electron chi connectivity index (χ3n) is 8.80. The number of anilines is 1. The van der Waals surface area contributed by atoms with E-state index in [2.05, 4.69) is 31.2 Å².